The van der Waals surface area contributed by atoms with Gasteiger partial charge in [0.25, 0.3) is 11.8 Å². The van der Waals surface area contributed by atoms with Crippen LogP contribution < -0.4 is 52.2 Å². The van der Waals surface area contributed by atoms with Crippen LogP contribution in [0.5, 0.6) is 11.5 Å². The predicted octanol–water partition coefficient (Wildman–Crippen LogP) is 4.55. The van der Waals surface area contributed by atoms with E-state index >= 15 is 9.59 Å². The number of amides is 9. The molecule has 1 aliphatic heterocycles. The van der Waals surface area contributed by atoms with Gasteiger partial charge < -0.3 is 65.8 Å². The minimum Gasteiger partial charge on any atom is -0.491 e. The number of carbonyl (C=O) groups excluding carboxylic acids is 9. The van der Waals surface area contributed by atoms with Gasteiger partial charge in [0.2, 0.25) is 23.6 Å². The molecule has 0 fully saturated rings. The van der Waals surface area contributed by atoms with Crippen LogP contribution in [0.4, 0.5) is 14.4 Å². The third-order valence-electron chi connectivity index (χ3n) is 11.7. The van der Waals surface area contributed by atoms with E-state index in [4.69, 9.17) is 23.7 Å². The van der Waals surface area contributed by atoms with Crippen LogP contribution in [0.1, 0.15) is 121 Å². The molecular weight excluding hydrogens is 1040 g/mol. The number of carbonyl (C=O) groups is 9. The largest absolute Gasteiger partial charge is 0.491 e. The number of hydrogen-bond acceptors (Lipinski definition) is 15. The van der Waals surface area contributed by atoms with Crippen molar-refractivity contribution < 1.29 is 72.0 Å². The highest BCUT2D eigenvalue weighted by Crippen LogP contribution is 2.40. The number of likely N-dealkylation sites (N-methyl/N-ethyl adjacent to an activating group) is 1. The van der Waals surface area contributed by atoms with Gasteiger partial charge in [-0.05, 0) is 143 Å². The molecule has 0 spiro atoms. The minimum absolute atomic E-state index is 0.0223. The molecule has 0 unspecified atom stereocenters. The number of aryl methyl sites for hydroxylation is 2. The summed E-state index contributed by atoms with van der Waals surface area (Å²) in [5.41, 5.74) is 2.00. The Balaban J connectivity index is 1.94. The lowest BCUT2D eigenvalue weighted by Gasteiger charge is -2.33. The van der Waals surface area contributed by atoms with Crippen molar-refractivity contribution in [3.8, 4) is 22.6 Å². The van der Waals surface area contributed by atoms with E-state index in [1.165, 1.54) is 38.5 Å². The molecule has 3 aromatic carbocycles. The highest BCUT2D eigenvalue weighted by Gasteiger charge is 2.37. The van der Waals surface area contributed by atoms with Crippen LogP contribution in [0.3, 0.4) is 0 Å². The Hall–Kier alpha value is -8.15. The molecule has 438 valence electrons. The first-order valence-electron chi connectivity index (χ1n) is 26.2. The Morgan fingerprint density at radius 1 is 0.688 bits per heavy atom. The number of alkyl carbamates (subject to hydrolysis) is 3. The van der Waals surface area contributed by atoms with E-state index < -0.39 is 101 Å². The molecule has 9 amide bonds. The van der Waals surface area contributed by atoms with Gasteiger partial charge in [-0.15, -0.1) is 0 Å². The van der Waals surface area contributed by atoms with Crippen LogP contribution >= 0.6 is 0 Å². The Morgan fingerprint density at radius 2 is 1.21 bits per heavy atom. The molecule has 9 N–H and O–H groups in total. The lowest BCUT2D eigenvalue weighted by molar-refractivity contribution is -0.141. The smallest absolute Gasteiger partial charge is 0.407 e. The Labute approximate surface area is 466 Å². The summed E-state index contributed by atoms with van der Waals surface area (Å²) < 4.78 is 28.8. The molecule has 24 heteroatoms. The van der Waals surface area contributed by atoms with Crippen LogP contribution in [0.2, 0.25) is 0 Å². The van der Waals surface area contributed by atoms with Gasteiger partial charge in [0.05, 0.1) is 13.1 Å². The van der Waals surface area contributed by atoms with E-state index in [0.29, 0.717) is 16.7 Å². The predicted molar refractivity (Wildman–Crippen MR) is 294 cm³/mol. The molecule has 24 nitrogen and oxygen atoms in total. The Kier molecular flexibility index (Phi) is 22.6. The van der Waals surface area contributed by atoms with Crippen LogP contribution in [0.25, 0.3) is 11.1 Å². The second-order valence-corrected chi connectivity index (χ2v) is 22.3. The molecule has 5 atom stereocenters. The number of nitrogens with one attached hydrogen (secondary N) is 8. The van der Waals surface area contributed by atoms with E-state index in [1.54, 1.807) is 112 Å². The normalized spacial score (nSPS) is 16.3. The van der Waals surface area contributed by atoms with Gasteiger partial charge >= 0.3 is 18.3 Å². The highest BCUT2D eigenvalue weighted by atomic mass is 16.6. The first-order chi connectivity index (χ1) is 37.2. The maximum Gasteiger partial charge on any atom is 0.407 e. The van der Waals surface area contributed by atoms with Crippen molar-refractivity contribution in [2.45, 2.75) is 150 Å². The highest BCUT2D eigenvalue weighted by molar-refractivity contribution is 6.00. The molecule has 80 heavy (non-hydrogen) atoms. The lowest BCUT2D eigenvalue weighted by atomic mass is 9.93. The van der Waals surface area contributed by atoms with E-state index in [0.717, 1.165) is 10.5 Å². The van der Waals surface area contributed by atoms with Gasteiger partial charge in [0.1, 0.15) is 71.7 Å². The zero-order chi connectivity index (χ0) is 59.9. The summed E-state index contributed by atoms with van der Waals surface area (Å²) in [6.45, 7) is 21.2. The topological polar surface area (TPSA) is 319 Å². The molecule has 0 saturated heterocycles. The molecule has 1 aliphatic rings. The molecule has 0 aromatic heterocycles. The average Bonchev–Trinajstić information content (AvgIpc) is 3.34. The second kappa shape index (κ2) is 28.1. The van der Waals surface area contributed by atoms with E-state index in [9.17, 15) is 38.8 Å². The number of hydroxylamine groups is 1. The summed E-state index contributed by atoms with van der Waals surface area (Å²) in [7, 11) is 1.33. The second-order valence-electron chi connectivity index (χ2n) is 22.3. The van der Waals surface area contributed by atoms with Crippen molar-refractivity contribution in [2.24, 2.45) is 0 Å². The molecule has 4 bridgehead atoms. The number of hydrogen-bond donors (Lipinski definition) is 9. The summed E-state index contributed by atoms with van der Waals surface area (Å²) in [5, 5.41) is 27.8. The van der Waals surface area contributed by atoms with Gasteiger partial charge in [0, 0.05) is 36.7 Å². The monoisotopic (exact) mass is 1120 g/mol. The molecule has 0 radical (unpaired) electrons. The van der Waals surface area contributed by atoms with Crippen molar-refractivity contribution >= 4 is 53.7 Å². The van der Waals surface area contributed by atoms with E-state index in [-0.39, 0.29) is 73.9 Å². The fourth-order valence-corrected chi connectivity index (χ4v) is 8.05. The van der Waals surface area contributed by atoms with E-state index in [1.807, 2.05) is 6.92 Å². The number of nitrogens with zero attached hydrogens (tertiary/aromatic N) is 1. The summed E-state index contributed by atoms with van der Waals surface area (Å²) in [6, 6.07) is 7.62. The minimum atomic E-state index is -1.59. The van der Waals surface area contributed by atoms with Crippen LogP contribution in [-0.2, 0) is 44.6 Å². The van der Waals surface area contributed by atoms with Gasteiger partial charge in [-0.1, -0.05) is 29.8 Å². The molecule has 0 saturated carbocycles. The molecule has 1 heterocycles. The lowest BCUT2D eigenvalue weighted by Crippen LogP contribution is -2.57. The van der Waals surface area contributed by atoms with Crippen molar-refractivity contribution in [3.05, 3.63) is 82.4 Å². The zero-order valence-electron chi connectivity index (χ0n) is 48.1. The first kappa shape index (κ1) is 64.4. The van der Waals surface area contributed by atoms with Gasteiger partial charge in [-0.25, -0.2) is 19.9 Å². The first-order valence-corrected chi connectivity index (χ1v) is 26.2. The number of benzene rings is 3. The summed E-state index contributed by atoms with van der Waals surface area (Å²) in [5.74, 6) is -4.53. The summed E-state index contributed by atoms with van der Waals surface area (Å²) in [4.78, 5) is 124. The average molecular weight is 1120 g/mol. The molecule has 0 aliphatic carbocycles. The van der Waals surface area contributed by atoms with Crippen molar-refractivity contribution in [3.63, 3.8) is 0 Å². The Morgan fingerprint density at radius 3 is 1.74 bits per heavy atom. The van der Waals surface area contributed by atoms with Crippen molar-refractivity contribution in [2.75, 3.05) is 39.9 Å². The van der Waals surface area contributed by atoms with Gasteiger partial charge in [0.15, 0.2) is 0 Å². The molecule has 3 aromatic rings. The quantitative estimate of drug-likeness (QED) is 0.0365. The standard InChI is InChI=1S/C56H79N9O15/c1-31-15-18-37(32(2)27-31)47(68)62-40(21-22-57-51(72)78-54(5,6)7)50(71)65(14)44-36-17-20-43(77-26-24-59-53(74)80-56(11,12)13)39(30-36)38-28-35(16-19-42(38)76-25-23-58-52(73)79-55(8,9)10)29-41(48(69)60-34(4)46(67)64-75)63-45(66)33(3)61-49(44)70/h15-20,27-28,30,33-34,40-41,44,75H,21-26,29H2,1-14H3,(H,57,72)(H,58,73)(H,59,74)(H,60,69)(H,61,70)(H,62,68)(H,63,66)(H,64,67)/t33-,34-,40-,41-,44-/m0/s1. The van der Waals surface area contributed by atoms with Crippen LogP contribution in [-0.4, -0.2) is 145 Å². The zero-order valence-corrected chi connectivity index (χ0v) is 48.1. The summed E-state index contributed by atoms with van der Waals surface area (Å²) in [6.07, 6.45) is -2.55. The van der Waals surface area contributed by atoms with Gasteiger partial charge in [-0.3, -0.25) is 34.0 Å². The number of ether oxygens (including phenoxy) is 5. The van der Waals surface area contributed by atoms with E-state index in [2.05, 4.69) is 37.2 Å². The van der Waals surface area contributed by atoms with Crippen molar-refractivity contribution in [1.82, 2.24) is 47.6 Å². The van der Waals surface area contributed by atoms with Crippen LogP contribution in [0, 0.1) is 13.8 Å². The fourth-order valence-electron chi connectivity index (χ4n) is 8.05. The number of rotatable bonds is 18. The maximum atomic E-state index is 15.1. The number of fused-ring (bicyclic) bond motifs is 5. The Bertz CT molecular complexity index is 2750. The molecule has 4 rings (SSSR count). The third-order valence-corrected chi connectivity index (χ3v) is 11.7. The SMILES string of the molecule is Cc1ccc(C(=O)N[C@@H](CCNC(=O)OC(C)(C)C)C(=O)N(C)[C@@H]2C(=O)N[C@@H](C)C(=O)N[C@H](C(=O)N[C@@H](C)C(=O)NO)Cc3ccc(OCCNC(=O)OC(C)(C)C)c(c3)-c3cc2ccc3OCCNC(=O)OC(C)(C)C)c(C)c1. The third kappa shape index (κ3) is 20.3. The molecular formula is C56H79N9O15. The summed E-state index contributed by atoms with van der Waals surface area (Å²) >= 11 is 0. The van der Waals surface area contributed by atoms with Crippen molar-refractivity contribution in [1.29, 1.82) is 0 Å². The van der Waals surface area contributed by atoms with Crippen LogP contribution in [0.15, 0.2) is 54.6 Å². The maximum absolute atomic E-state index is 15.1. The fraction of sp³-hybridized carbons (Fsp3) is 0.518. The van der Waals surface area contributed by atoms with Gasteiger partial charge in [-0.2, -0.15) is 0 Å².